The maximum atomic E-state index is 3.60. The number of rotatable bonds is 4. The van der Waals surface area contributed by atoms with Gasteiger partial charge in [0.15, 0.2) is 0 Å². The first-order valence-corrected chi connectivity index (χ1v) is 6.84. The van der Waals surface area contributed by atoms with Crippen LogP contribution in [0.4, 0.5) is 5.69 Å². The molecule has 1 saturated carbocycles. The summed E-state index contributed by atoms with van der Waals surface area (Å²) < 4.78 is 1.32. The Bertz CT molecular complexity index is 320. The van der Waals surface area contributed by atoms with E-state index in [9.17, 15) is 0 Å². The molecule has 82 valence electrons. The molecule has 1 unspecified atom stereocenters. The number of halogens is 1. The zero-order valence-electron chi connectivity index (χ0n) is 9.17. The quantitative estimate of drug-likeness (QED) is 0.818. The Morgan fingerprint density at radius 1 is 1.40 bits per heavy atom. The van der Waals surface area contributed by atoms with Crippen LogP contribution in [-0.4, -0.2) is 6.04 Å². The molecule has 2 heteroatoms. The summed E-state index contributed by atoms with van der Waals surface area (Å²) >= 11 is 2.39. The van der Waals surface area contributed by atoms with Gasteiger partial charge in [-0.2, -0.15) is 0 Å². The summed E-state index contributed by atoms with van der Waals surface area (Å²) in [6.45, 7) is 2.29. The molecular weight excluding hydrogens is 297 g/mol. The van der Waals surface area contributed by atoms with E-state index >= 15 is 0 Å². The van der Waals surface area contributed by atoms with Crippen LogP contribution in [-0.2, 0) is 0 Å². The van der Waals surface area contributed by atoms with Gasteiger partial charge in [-0.3, -0.25) is 0 Å². The average Bonchev–Trinajstić information content (AvgIpc) is 2.16. The maximum Gasteiger partial charge on any atom is 0.0477 e. The summed E-state index contributed by atoms with van der Waals surface area (Å²) in [7, 11) is 0. The minimum Gasteiger partial charge on any atom is -0.382 e. The lowest BCUT2D eigenvalue weighted by molar-refractivity contribution is 0.286. The molecule has 1 fully saturated rings. The molecule has 0 saturated heterocycles. The van der Waals surface area contributed by atoms with Crippen LogP contribution in [0.15, 0.2) is 24.3 Å². The van der Waals surface area contributed by atoms with Gasteiger partial charge in [0.05, 0.1) is 0 Å². The highest BCUT2D eigenvalue weighted by molar-refractivity contribution is 14.1. The molecular formula is C13H18IN. The summed E-state index contributed by atoms with van der Waals surface area (Å²) in [4.78, 5) is 0. The monoisotopic (exact) mass is 315 g/mol. The highest BCUT2D eigenvalue weighted by Gasteiger charge is 2.19. The number of hydrogen-bond donors (Lipinski definition) is 1. The number of benzene rings is 1. The lowest BCUT2D eigenvalue weighted by Gasteiger charge is -2.29. The normalized spacial score (nSPS) is 18.3. The molecule has 15 heavy (non-hydrogen) atoms. The van der Waals surface area contributed by atoms with E-state index in [1.54, 1.807) is 0 Å². The first kappa shape index (κ1) is 11.2. The van der Waals surface area contributed by atoms with Gasteiger partial charge in [0.25, 0.3) is 0 Å². The lowest BCUT2D eigenvalue weighted by Crippen LogP contribution is -2.23. The molecule has 0 bridgehead atoms. The topological polar surface area (TPSA) is 12.0 Å². The summed E-state index contributed by atoms with van der Waals surface area (Å²) in [6, 6.07) is 9.11. The van der Waals surface area contributed by atoms with Gasteiger partial charge in [0.1, 0.15) is 0 Å². The number of anilines is 1. The van der Waals surface area contributed by atoms with Crippen LogP contribution >= 0.6 is 22.6 Å². The van der Waals surface area contributed by atoms with Crippen molar-refractivity contribution in [3.8, 4) is 0 Å². The summed E-state index contributed by atoms with van der Waals surface area (Å²) in [5, 5.41) is 3.60. The Morgan fingerprint density at radius 2 is 2.13 bits per heavy atom. The Kier molecular flexibility index (Phi) is 3.89. The Morgan fingerprint density at radius 3 is 2.73 bits per heavy atom. The largest absolute Gasteiger partial charge is 0.382 e. The van der Waals surface area contributed by atoms with E-state index in [1.165, 1.54) is 34.9 Å². The lowest BCUT2D eigenvalue weighted by atomic mass is 9.81. The van der Waals surface area contributed by atoms with Crippen molar-refractivity contribution in [1.29, 1.82) is 0 Å². The number of nitrogens with one attached hydrogen (secondary N) is 1. The average molecular weight is 315 g/mol. The smallest absolute Gasteiger partial charge is 0.0477 e. The van der Waals surface area contributed by atoms with E-state index in [-0.39, 0.29) is 0 Å². The third-order valence-corrected chi connectivity index (χ3v) is 4.13. The Hall–Kier alpha value is -0.250. The van der Waals surface area contributed by atoms with Crippen molar-refractivity contribution in [3.05, 3.63) is 27.8 Å². The predicted octanol–water partition coefficient (Wildman–Crippen LogP) is 4.28. The second kappa shape index (κ2) is 5.19. The summed E-state index contributed by atoms with van der Waals surface area (Å²) in [5.74, 6) is 0.980. The van der Waals surface area contributed by atoms with E-state index < -0.39 is 0 Å². The molecule has 0 heterocycles. The van der Waals surface area contributed by atoms with Crippen LogP contribution in [0.5, 0.6) is 0 Å². The van der Waals surface area contributed by atoms with Crippen LogP contribution in [0.1, 0.15) is 32.6 Å². The third-order valence-electron chi connectivity index (χ3n) is 3.19. The van der Waals surface area contributed by atoms with Crippen molar-refractivity contribution in [2.45, 2.75) is 38.6 Å². The minimum atomic E-state index is 0.603. The van der Waals surface area contributed by atoms with Crippen molar-refractivity contribution in [1.82, 2.24) is 0 Å². The highest BCUT2D eigenvalue weighted by Crippen LogP contribution is 2.31. The summed E-state index contributed by atoms with van der Waals surface area (Å²) in [6.07, 6.45) is 5.65. The van der Waals surface area contributed by atoms with Gasteiger partial charge in [-0.15, -0.1) is 0 Å². The van der Waals surface area contributed by atoms with Crippen LogP contribution in [0.2, 0.25) is 0 Å². The van der Waals surface area contributed by atoms with Crippen LogP contribution < -0.4 is 5.32 Å². The Balaban J connectivity index is 1.87. The van der Waals surface area contributed by atoms with Gasteiger partial charge in [-0.25, -0.2) is 0 Å². The van der Waals surface area contributed by atoms with Crippen LogP contribution in [0.25, 0.3) is 0 Å². The first-order valence-electron chi connectivity index (χ1n) is 5.77. The third kappa shape index (κ3) is 3.10. The van der Waals surface area contributed by atoms with Crippen molar-refractivity contribution < 1.29 is 0 Å². The van der Waals surface area contributed by atoms with Gasteiger partial charge in [0, 0.05) is 15.3 Å². The fourth-order valence-corrected chi connectivity index (χ4v) is 2.67. The molecule has 0 radical (unpaired) electrons. The fraction of sp³-hybridized carbons (Fsp3) is 0.538. The molecule has 1 aliphatic carbocycles. The van der Waals surface area contributed by atoms with E-state index in [0.29, 0.717) is 6.04 Å². The molecule has 1 aromatic rings. The fourth-order valence-electron chi connectivity index (χ4n) is 2.13. The van der Waals surface area contributed by atoms with Gasteiger partial charge >= 0.3 is 0 Å². The van der Waals surface area contributed by atoms with Crippen molar-refractivity contribution in [2.75, 3.05) is 5.32 Å². The molecule has 1 aromatic carbocycles. The van der Waals surface area contributed by atoms with Crippen molar-refractivity contribution >= 4 is 28.3 Å². The van der Waals surface area contributed by atoms with E-state index in [4.69, 9.17) is 0 Å². The standard InChI is InChI=1S/C13H18IN/c1-10(9-11-5-4-6-11)15-13-8-3-2-7-12(13)14/h2-3,7-8,10-11,15H,4-6,9H2,1H3. The van der Waals surface area contributed by atoms with Crippen LogP contribution in [0, 0.1) is 9.49 Å². The predicted molar refractivity (Wildman–Crippen MR) is 74.2 cm³/mol. The second-order valence-electron chi connectivity index (χ2n) is 4.56. The summed E-state index contributed by atoms with van der Waals surface area (Å²) in [5.41, 5.74) is 1.28. The second-order valence-corrected chi connectivity index (χ2v) is 5.72. The van der Waals surface area contributed by atoms with Crippen molar-refractivity contribution in [2.24, 2.45) is 5.92 Å². The van der Waals surface area contributed by atoms with Crippen LogP contribution in [0.3, 0.4) is 0 Å². The molecule has 0 aliphatic heterocycles. The van der Waals surface area contributed by atoms with E-state index in [0.717, 1.165) is 5.92 Å². The van der Waals surface area contributed by atoms with Gasteiger partial charge in [-0.1, -0.05) is 31.4 Å². The Labute approximate surface area is 106 Å². The molecule has 0 amide bonds. The SMILES string of the molecule is CC(CC1CCC1)Nc1ccccc1I. The van der Waals surface area contributed by atoms with Crippen molar-refractivity contribution in [3.63, 3.8) is 0 Å². The number of hydrogen-bond acceptors (Lipinski definition) is 1. The van der Waals surface area contributed by atoms with Gasteiger partial charge in [0.2, 0.25) is 0 Å². The molecule has 1 atom stereocenters. The molecule has 0 aromatic heterocycles. The molecule has 1 N–H and O–H groups in total. The van der Waals surface area contributed by atoms with Gasteiger partial charge in [-0.05, 0) is 54.0 Å². The molecule has 0 spiro atoms. The molecule has 2 rings (SSSR count). The number of para-hydroxylation sites is 1. The van der Waals surface area contributed by atoms with Gasteiger partial charge < -0.3 is 5.32 Å². The zero-order chi connectivity index (χ0) is 10.7. The minimum absolute atomic E-state index is 0.603. The van der Waals surface area contributed by atoms with E-state index in [1.807, 2.05) is 0 Å². The zero-order valence-corrected chi connectivity index (χ0v) is 11.3. The molecule has 1 aliphatic rings. The maximum absolute atomic E-state index is 3.60. The van der Waals surface area contributed by atoms with E-state index in [2.05, 4.69) is 59.1 Å². The first-order chi connectivity index (χ1) is 7.25. The molecule has 1 nitrogen and oxygen atoms in total. The highest BCUT2D eigenvalue weighted by atomic mass is 127.